The molecule has 0 spiro atoms. The summed E-state index contributed by atoms with van der Waals surface area (Å²) in [6, 6.07) is 0. The van der Waals surface area contributed by atoms with Crippen LogP contribution >= 0.6 is 0 Å². The van der Waals surface area contributed by atoms with E-state index < -0.39 is 0 Å². The van der Waals surface area contributed by atoms with Crippen molar-refractivity contribution in [2.24, 2.45) is 10.9 Å². The van der Waals surface area contributed by atoms with Gasteiger partial charge in [-0.25, -0.2) is 4.99 Å². The number of allylic oxidation sites excluding steroid dienone is 3. The van der Waals surface area contributed by atoms with Crippen LogP contribution < -0.4 is 0 Å². The first-order chi connectivity index (χ1) is 6.65. The van der Waals surface area contributed by atoms with Crippen LogP contribution in [0, 0.1) is 5.92 Å². The molecule has 1 unspecified atom stereocenters. The Labute approximate surface area is 84.8 Å². The highest BCUT2D eigenvalue weighted by Gasteiger charge is 2.11. The molecule has 1 atom stereocenters. The molecule has 1 heterocycles. The second kappa shape index (κ2) is 4.74. The highest BCUT2D eigenvalue weighted by molar-refractivity contribution is 5.86. The number of nitrogens with zero attached hydrogens (tertiary/aromatic N) is 2. The van der Waals surface area contributed by atoms with Crippen LogP contribution in [0.25, 0.3) is 0 Å². The van der Waals surface area contributed by atoms with Gasteiger partial charge >= 0.3 is 0 Å². The number of aliphatic imine (C=N–C) groups is 1. The Balaban J connectivity index is 2.98. The first-order valence-corrected chi connectivity index (χ1v) is 4.72. The molecule has 14 heavy (non-hydrogen) atoms. The second-order valence-electron chi connectivity index (χ2n) is 3.67. The fourth-order valence-corrected chi connectivity index (χ4v) is 1.45. The van der Waals surface area contributed by atoms with Crippen molar-refractivity contribution >= 4 is 12.1 Å². The summed E-state index contributed by atoms with van der Waals surface area (Å²) in [5.74, 6) is 1.40. The normalized spacial score (nSPS) is 31.5. The third-order valence-corrected chi connectivity index (χ3v) is 2.18. The molecule has 0 radical (unpaired) electrons. The third kappa shape index (κ3) is 2.55. The molecule has 1 rings (SSSR count). The average molecular weight is 192 g/mol. The minimum absolute atomic E-state index is 0.394. The smallest absolute Gasteiger partial charge is 0.151 e. The van der Waals surface area contributed by atoms with Gasteiger partial charge in [-0.15, -0.1) is 0 Å². The molecular formula is C11H16N2O. The van der Waals surface area contributed by atoms with Gasteiger partial charge in [0.1, 0.15) is 5.84 Å². The lowest BCUT2D eigenvalue weighted by Gasteiger charge is -2.21. The fraction of sp³-hybridized carbons (Fsp3) is 0.455. The van der Waals surface area contributed by atoms with Crippen molar-refractivity contribution in [3.63, 3.8) is 0 Å². The zero-order valence-corrected chi connectivity index (χ0v) is 8.90. The predicted molar refractivity (Wildman–Crippen MR) is 58.2 cm³/mol. The molecule has 1 aliphatic heterocycles. The standard InChI is InChI=1S/C11H16N2O/c1-9-5-4-6-10(8-14)7-12-11(9)13(2)3/h4,6-9H,5H2,1-3H3/b6-4+,10-7+,12-11+. The van der Waals surface area contributed by atoms with Gasteiger partial charge in [0, 0.05) is 31.8 Å². The second-order valence-corrected chi connectivity index (χ2v) is 3.67. The maximum Gasteiger partial charge on any atom is 0.151 e. The summed E-state index contributed by atoms with van der Waals surface area (Å²) in [6.07, 6.45) is 7.20. The van der Waals surface area contributed by atoms with Crippen LogP contribution in [-0.4, -0.2) is 31.1 Å². The topological polar surface area (TPSA) is 32.7 Å². The van der Waals surface area contributed by atoms with Gasteiger partial charge in [0.15, 0.2) is 6.29 Å². The molecule has 0 saturated carbocycles. The quantitative estimate of drug-likeness (QED) is 0.591. The molecule has 0 aliphatic carbocycles. The number of amidine groups is 1. The highest BCUT2D eigenvalue weighted by Crippen LogP contribution is 2.12. The predicted octanol–water partition coefficient (Wildman–Crippen LogP) is 1.63. The van der Waals surface area contributed by atoms with Gasteiger partial charge in [-0.2, -0.15) is 0 Å². The molecule has 0 aromatic rings. The van der Waals surface area contributed by atoms with Gasteiger partial charge in [-0.05, 0) is 6.42 Å². The lowest BCUT2D eigenvalue weighted by molar-refractivity contribution is -0.104. The monoisotopic (exact) mass is 192 g/mol. The summed E-state index contributed by atoms with van der Waals surface area (Å²) >= 11 is 0. The van der Waals surface area contributed by atoms with E-state index in [1.165, 1.54) is 0 Å². The molecule has 3 heteroatoms. The summed E-state index contributed by atoms with van der Waals surface area (Å²) in [4.78, 5) is 16.9. The first kappa shape index (κ1) is 10.7. The van der Waals surface area contributed by atoms with Crippen molar-refractivity contribution in [3.8, 4) is 0 Å². The average Bonchev–Trinajstić information content (AvgIpc) is 2.10. The molecule has 0 aromatic heterocycles. The molecule has 0 saturated heterocycles. The number of hydrogen-bond donors (Lipinski definition) is 0. The van der Waals surface area contributed by atoms with Crippen LogP contribution in [0.1, 0.15) is 13.3 Å². The summed E-state index contributed by atoms with van der Waals surface area (Å²) in [7, 11) is 3.93. The number of hydrogen-bond acceptors (Lipinski definition) is 3. The SMILES string of the molecule is CC1C/C=C/C(C=O)=C\N=C/1N(C)C. The molecule has 1 aliphatic rings. The molecule has 0 bridgehead atoms. The Kier molecular flexibility index (Phi) is 3.63. The van der Waals surface area contributed by atoms with Crippen LogP contribution in [0.15, 0.2) is 28.9 Å². The van der Waals surface area contributed by atoms with Crippen LogP contribution in [0.4, 0.5) is 0 Å². The number of carbonyl (C=O) groups is 1. The minimum atomic E-state index is 0.394. The largest absolute Gasteiger partial charge is 0.366 e. The highest BCUT2D eigenvalue weighted by atomic mass is 16.1. The lowest BCUT2D eigenvalue weighted by atomic mass is 10.0. The molecular weight excluding hydrogens is 176 g/mol. The van der Waals surface area contributed by atoms with E-state index in [2.05, 4.69) is 11.9 Å². The van der Waals surface area contributed by atoms with E-state index >= 15 is 0 Å². The fourth-order valence-electron chi connectivity index (χ4n) is 1.45. The van der Waals surface area contributed by atoms with E-state index in [-0.39, 0.29) is 0 Å². The Bertz CT molecular complexity index is 300. The van der Waals surface area contributed by atoms with Crippen molar-refractivity contribution in [2.75, 3.05) is 14.1 Å². The molecule has 76 valence electrons. The lowest BCUT2D eigenvalue weighted by Crippen LogP contribution is -2.28. The Hall–Kier alpha value is -1.38. The number of aldehydes is 1. The molecule has 3 nitrogen and oxygen atoms in total. The van der Waals surface area contributed by atoms with Crippen LogP contribution in [0.3, 0.4) is 0 Å². The van der Waals surface area contributed by atoms with Crippen LogP contribution in [0.5, 0.6) is 0 Å². The molecule has 0 fully saturated rings. The third-order valence-electron chi connectivity index (χ3n) is 2.18. The first-order valence-electron chi connectivity index (χ1n) is 4.72. The van der Waals surface area contributed by atoms with Crippen molar-refractivity contribution in [1.82, 2.24) is 4.90 Å². The molecule has 0 amide bonds. The van der Waals surface area contributed by atoms with Crippen LogP contribution in [0.2, 0.25) is 0 Å². The zero-order chi connectivity index (χ0) is 10.6. The Morgan fingerprint density at radius 1 is 1.57 bits per heavy atom. The minimum Gasteiger partial charge on any atom is -0.366 e. The van der Waals surface area contributed by atoms with E-state index in [4.69, 9.17) is 0 Å². The summed E-state index contributed by atoms with van der Waals surface area (Å²) in [6.45, 7) is 2.13. The van der Waals surface area contributed by atoms with Gasteiger partial charge in [0.2, 0.25) is 0 Å². The van der Waals surface area contributed by atoms with E-state index in [0.717, 1.165) is 18.5 Å². The maximum absolute atomic E-state index is 10.6. The Morgan fingerprint density at radius 3 is 2.86 bits per heavy atom. The number of carbonyl (C=O) groups excluding carboxylic acids is 1. The zero-order valence-electron chi connectivity index (χ0n) is 8.90. The van der Waals surface area contributed by atoms with Crippen molar-refractivity contribution < 1.29 is 4.79 Å². The van der Waals surface area contributed by atoms with Gasteiger partial charge < -0.3 is 4.90 Å². The van der Waals surface area contributed by atoms with E-state index in [1.54, 1.807) is 6.20 Å². The summed E-state index contributed by atoms with van der Waals surface area (Å²) < 4.78 is 0. The van der Waals surface area contributed by atoms with Gasteiger partial charge in [-0.3, -0.25) is 4.79 Å². The molecule has 0 N–H and O–H groups in total. The Morgan fingerprint density at radius 2 is 2.29 bits per heavy atom. The maximum atomic E-state index is 10.6. The van der Waals surface area contributed by atoms with Crippen molar-refractivity contribution in [1.29, 1.82) is 0 Å². The van der Waals surface area contributed by atoms with Gasteiger partial charge in [-0.1, -0.05) is 19.1 Å². The van der Waals surface area contributed by atoms with E-state index in [9.17, 15) is 4.79 Å². The van der Waals surface area contributed by atoms with Crippen molar-refractivity contribution in [3.05, 3.63) is 23.9 Å². The summed E-state index contributed by atoms with van der Waals surface area (Å²) in [5.41, 5.74) is 0.622. The van der Waals surface area contributed by atoms with E-state index in [0.29, 0.717) is 11.5 Å². The van der Waals surface area contributed by atoms with Gasteiger partial charge in [0.25, 0.3) is 0 Å². The van der Waals surface area contributed by atoms with Crippen molar-refractivity contribution in [2.45, 2.75) is 13.3 Å². The summed E-state index contributed by atoms with van der Waals surface area (Å²) in [5, 5.41) is 0. The van der Waals surface area contributed by atoms with E-state index in [1.807, 2.05) is 31.1 Å². The molecule has 0 aromatic carbocycles. The van der Waals surface area contributed by atoms with Crippen LogP contribution in [-0.2, 0) is 4.79 Å². The van der Waals surface area contributed by atoms with Gasteiger partial charge in [0.05, 0.1) is 0 Å². The number of rotatable bonds is 1.